The highest BCUT2D eigenvalue weighted by molar-refractivity contribution is 6.39. The zero-order chi connectivity index (χ0) is 29.4. The number of rotatable bonds is 4. The minimum Gasteiger partial charge on any atom is -0.496 e. The van der Waals surface area contributed by atoms with E-state index in [2.05, 4.69) is 10.6 Å². The average molecular weight is 575 g/mol. The molecule has 2 unspecified atom stereocenters. The molecule has 214 valence electrons. The fourth-order valence-electron chi connectivity index (χ4n) is 6.83. The second-order valence-corrected chi connectivity index (χ2v) is 10.9. The molecule has 0 aliphatic carbocycles. The van der Waals surface area contributed by atoms with E-state index in [0.717, 1.165) is 38.4 Å². The highest BCUT2D eigenvalue weighted by Gasteiger charge is 2.39. The van der Waals surface area contributed by atoms with E-state index in [-0.39, 0.29) is 19.6 Å². The molecule has 6 aromatic rings. The SMILES string of the molecule is COc1ccccc1CNC(=O)OC1Cn2c3ccccc3c3c4c(c5c6ccccc6n(c5c32)CC1O)C(=O)NC4=O. The Labute approximate surface area is 244 Å². The molecule has 2 aliphatic heterocycles. The lowest BCUT2D eigenvalue weighted by Gasteiger charge is -2.28. The number of benzene rings is 4. The van der Waals surface area contributed by atoms with Crippen molar-refractivity contribution in [2.75, 3.05) is 7.11 Å². The number of alkyl carbamates (subject to hydrolysis) is 1. The number of aliphatic hydroxyl groups excluding tert-OH is 1. The van der Waals surface area contributed by atoms with Crippen LogP contribution in [0.5, 0.6) is 5.75 Å². The zero-order valence-corrected chi connectivity index (χ0v) is 23.1. The van der Waals surface area contributed by atoms with Gasteiger partial charge in [0.1, 0.15) is 18.0 Å². The monoisotopic (exact) mass is 574 g/mol. The van der Waals surface area contributed by atoms with Crippen LogP contribution in [0.3, 0.4) is 0 Å². The molecule has 4 aromatic carbocycles. The van der Waals surface area contributed by atoms with Crippen molar-refractivity contribution in [3.05, 3.63) is 89.5 Å². The number of hydrogen-bond donors (Lipinski definition) is 3. The van der Waals surface area contributed by atoms with Crippen molar-refractivity contribution in [2.24, 2.45) is 0 Å². The van der Waals surface area contributed by atoms with Gasteiger partial charge in [-0.05, 0) is 18.2 Å². The predicted molar refractivity (Wildman–Crippen MR) is 160 cm³/mol. The van der Waals surface area contributed by atoms with Crippen molar-refractivity contribution in [3.63, 3.8) is 0 Å². The Balaban J connectivity index is 1.32. The van der Waals surface area contributed by atoms with Gasteiger partial charge >= 0.3 is 6.09 Å². The van der Waals surface area contributed by atoms with Gasteiger partial charge in [-0.3, -0.25) is 14.9 Å². The summed E-state index contributed by atoms with van der Waals surface area (Å²) in [4.78, 5) is 39.7. The molecule has 0 saturated heterocycles. The fraction of sp³-hybridized carbons (Fsp3) is 0.182. The fourth-order valence-corrected chi connectivity index (χ4v) is 6.83. The standard InChI is InChI=1S/C33H26N4O6/c1-42-23-13-7-2-8-17(23)14-34-33(41)43-24-16-37-21-12-6-4-10-19(21)26-28-27(31(39)35-32(28)40)25-18-9-3-5-11-20(18)36(15-22(24)38)29(25)30(26)37/h2-13,22,24,38H,14-16H2,1H3,(H,34,41)(H,35,39,40). The predicted octanol–water partition coefficient (Wildman–Crippen LogP) is 4.46. The number of carbonyl (C=O) groups is 3. The maximum Gasteiger partial charge on any atom is 0.407 e. The highest BCUT2D eigenvalue weighted by Crippen LogP contribution is 2.45. The Morgan fingerprint density at radius 3 is 2.05 bits per heavy atom. The molecule has 8 rings (SSSR count). The summed E-state index contributed by atoms with van der Waals surface area (Å²) in [7, 11) is 1.57. The van der Waals surface area contributed by atoms with Crippen LogP contribution in [0.1, 0.15) is 26.3 Å². The molecule has 0 saturated carbocycles. The maximum absolute atomic E-state index is 13.3. The van der Waals surface area contributed by atoms with E-state index < -0.39 is 30.1 Å². The summed E-state index contributed by atoms with van der Waals surface area (Å²) < 4.78 is 15.3. The lowest BCUT2D eigenvalue weighted by atomic mass is 9.96. The molecule has 0 fully saturated rings. The third-order valence-corrected chi connectivity index (χ3v) is 8.63. The zero-order valence-electron chi connectivity index (χ0n) is 23.1. The number of nitrogens with zero attached hydrogens (tertiary/aromatic N) is 2. The van der Waals surface area contributed by atoms with E-state index in [1.165, 1.54) is 0 Å². The molecule has 43 heavy (non-hydrogen) atoms. The molecule has 2 atom stereocenters. The van der Waals surface area contributed by atoms with E-state index >= 15 is 0 Å². The summed E-state index contributed by atoms with van der Waals surface area (Å²) >= 11 is 0. The van der Waals surface area contributed by atoms with Gasteiger partial charge in [0.05, 0.1) is 42.4 Å². The summed E-state index contributed by atoms with van der Waals surface area (Å²) in [6, 6.07) is 22.7. The third-order valence-electron chi connectivity index (χ3n) is 8.63. The number of aliphatic hydroxyl groups is 1. The molecular weight excluding hydrogens is 548 g/mol. The van der Waals surface area contributed by atoms with Gasteiger partial charge in [-0.25, -0.2) is 4.79 Å². The van der Waals surface area contributed by atoms with Gasteiger partial charge in [0.15, 0.2) is 0 Å². The molecule has 0 radical (unpaired) electrons. The van der Waals surface area contributed by atoms with Crippen LogP contribution in [0.25, 0.3) is 43.6 Å². The van der Waals surface area contributed by atoms with Gasteiger partial charge in [0.2, 0.25) is 0 Å². The Kier molecular flexibility index (Phi) is 5.51. The number of para-hydroxylation sites is 3. The number of fused-ring (bicyclic) bond motifs is 9. The number of imide groups is 1. The summed E-state index contributed by atoms with van der Waals surface area (Å²) in [5, 5.41) is 19.8. The first-order valence-corrected chi connectivity index (χ1v) is 14.0. The van der Waals surface area contributed by atoms with Crippen molar-refractivity contribution in [2.45, 2.75) is 31.8 Å². The minimum atomic E-state index is -1.08. The van der Waals surface area contributed by atoms with Crippen LogP contribution in [0, 0.1) is 0 Å². The first-order chi connectivity index (χ1) is 21.0. The lowest BCUT2D eigenvalue weighted by molar-refractivity contribution is -0.0125. The van der Waals surface area contributed by atoms with E-state index in [1.54, 1.807) is 7.11 Å². The third kappa shape index (κ3) is 3.59. The highest BCUT2D eigenvalue weighted by atomic mass is 16.6. The molecule has 10 nitrogen and oxygen atoms in total. The number of aromatic nitrogens is 2. The minimum absolute atomic E-state index is 0.111. The van der Waals surface area contributed by atoms with Crippen LogP contribution in [0.2, 0.25) is 0 Å². The van der Waals surface area contributed by atoms with E-state index in [0.29, 0.717) is 27.6 Å². The number of carbonyl (C=O) groups excluding carboxylic acids is 3. The Morgan fingerprint density at radius 2 is 1.42 bits per heavy atom. The molecular formula is C33H26N4O6. The maximum atomic E-state index is 13.3. The molecule has 0 spiro atoms. The molecule has 10 heteroatoms. The quantitative estimate of drug-likeness (QED) is 0.267. The number of nitrogens with one attached hydrogen (secondary N) is 2. The normalized spacial score (nSPS) is 17.8. The second kappa shape index (κ2) is 9.33. The van der Waals surface area contributed by atoms with Crippen LogP contribution in [-0.2, 0) is 24.4 Å². The molecule has 4 heterocycles. The largest absolute Gasteiger partial charge is 0.496 e. The summed E-state index contributed by atoms with van der Waals surface area (Å²) in [6.45, 7) is 0.432. The van der Waals surface area contributed by atoms with Crippen molar-refractivity contribution in [1.82, 2.24) is 19.8 Å². The molecule has 2 aliphatic rings. The molecule has 3 amide bonds. The van der Waals surface area contributed by atoms with E-state index in [9.17, 15) is 19.5 Å². The van der Waals surface area contributed by atoms with Crippen LogP contribution in [0.15, 0.2) is 72.8 Å². The van der Waals surface area contributed by atoms with E-state index in [1.807, 2.05) is 81.9 Å². The van der Waals surface area contributed by atoms with E-state index in [4.69, 9.17) is 9.47 Å². The molecule has 2 aromatic heterocycles. The second-order valence-electron chi connectivity index (χ2n) is 10.9. The number of amides is 3. The van der Waals surface area contributed by atoms with Gasteiger partial charge in [-0.1, -0.05) is 54.6 Å². The van der Waals surface area contributed by atoms with Crippen LogP contribution >= 0.6 is 0 Å². The average Bonchev–Trinajstić information content (AvgIpc) is 3.62. The van der Waals surface area contributed by atoms with Crippen molar-refractivity contribution >= 4 is 61.5 Å². The van der Waals surface area contributed by atoms with Gasteiger partial charge < -0.3 is 29.0 Å². The van der Waals surface area contributed by atoms with Gasteiger partial charge in [0.25, 0.3) is 11.8 Å². The first-order valence-electron chi connectivity index (χ1n) is 14.0. The van der Waals surface area contributed by atoms with Gasteiger partial charge in [-0.2, -0.15) is 0 Å². The Morgan fingerprint density at radius 1 is 0.860 bits per heavy atom. The van der Waals surface area contributed by atoms with Crippen molar-refractivity contribution < 1.29 is 29.0 Å². The van der Waals surface area contributed by atoms with Crippen LogP contribution in [-0.4, -0.2) is 51.5 Å². The number of hydrogen-bond acceptors (Lipinski definition) is 6. The van der Waals surface area contributed by atoms with Crippen molar-refractivity contribution in [1.29, 1.82) is 0 Å². The molecule has 0 bridgehead atoms. The van der Waals surface area contributed by atoms with Crippen LogP contribution < -0.4 is 15.4 Å². The van der Waals surface area contributed by atoms with Gasteiger partial charge in [-0.15, -0.1) is 0 Å². The summed E-state index contributed by atoms with van der Waals surface area (Å²) in [6.07, 6.45) is -2.68. The molecule has 3 N–H and O–H groups in total. The number of methoxy groups -OCH3 is 1. The summed E-state index contributed by atoms with van der Waals surface area (Å²) in [5.74, 6) is -0.227. The van der Waals surface area contributed by atoms with Gasteiger partial charge in [0, 0.05) is 44.7 Å². The first kappa shape index (κ1) is 25.4. The summed E-state index contributed by atoms with van der Waals surface area (Å²) in [5.41, 5.74) is 4.60. The topological polar surface area (TPSA) is 124 Å². The Bertz CT molecular complexity index is 2180. The van der Waals surface area contributed by atoms with Crippen molar-refractivity contribution in [3.8, 4) is 5.75 Å². The number of ether oxygens (including phenoxy) is 2. The smallest absolute Gasteiger partial charge is 0.407 e. The Hall–Kier alpha value is -5.35. The van der Waals surface area contributed by atoms with Crippen LogP contribution in [0.4, 0.5) is 4.79 Å². The lowest BCUT2D eigenvalue weighted by Crippen LogP contribution is -2.41.